The van der Waals surface area contributed by atoms with E-state index in [4.69, 9.17) is 11.6 Å². The molecular weight excluding hydrogens is 356 g/mol. The van der Waals surface area contributed by atoms with E-state index in [9.17, 15) is 4.79 Å². The molecule has 0 saturated carbocycles. The minimum atomic E-state index is -0.111. The van der Waals surface area contributed by atoms with Gasteiger partial charge in [0, 0.05) is 18.6 Å². The minimum absolute atomic E-state index is 0.0255. The van der Waals surface area contributed by atoms with Crippen LogP contribution >= 0.6 is 23.1 Å². The van der Waals surface area contributed by atoms with E-state index in [0.29, 0.717) is 12.1 Å². The molecule has 0 aliphatic heterocycles. The Hall–Kier alpha value is -1.63. The first kappa shape index (κ1) is 19.7. The van der Waals surface area contributed by atoms with Crippen molar-refractivity contribution in [1.29, 1.82) is 0 Å². The van der Waals surface area contributed by atoms with Crippen molar-refractivity contribution in [3.8, 4) is 0 Å². The normalized spacial score (nSPS) is 12.2. The van der Waals surface area contributed by atoms with Crippen LogP contribution in [0, 0.1) is 6.92 Å². The zero-order chi connectivity index (χ0) is 18.4. The fourth-order valence-electron chi connectivity index (χ4n) is 2.93. The molecule has 136 valence electrons. The van der Waals surface area contributed by atoms with Crippen LogP contribution in [-0.4, -0.2) is 41.9 Å². The van der Waals surface area contributed by atoms with Crippen molar-refractivity contribution >= 4 is 34.0 Å². The van der Waals surface area contributed by atoms with Crippen LogP contribution in [0.15, 0.2) is 24.3 Å². The second kappa shape index (κ2) is 9.17. The molecule has 0 saturated heterocycles. The van der Waals surface area contributed by atoms with Gasteiger partial charge in [-0.2, -0.15) is 4.37 Å². The number of anilines is 1. The topological polar surface area (TPSA) is 57.3 Å². The lowest BCUT2D eigenvalue weighted by Gasteiger charge is -2.31. The van der Waals surface area contributed by atoms with Crippen molar-refractivity contribution in [2.24, 2.45) is 0 Å². The van der Waals surface area contributed by atoms with Gasteiger partial charge in [-0.15, -0.1) is 0 Å². The summed E-state index contributed by atoms with van der Waals surface area (Å²) in [5.74, 6) is -0.111. The van der Waals surface area contributed by atoms with Gasteiger partial charge in [-0.25, -0.2) is 0 Å². The van der Waals surface area contributed by atoms with Crippen molar-refractivity contribution in [2.75, 3.05) is 32.0 Å². The maximum Gasteiger partial charge on any atom is 0.256 e. The van der Waals surface area contributed by atoms with Crippen LogP contribution in [0.2, 0.25) is 5.02 Å². The second-order valence-electron chi connectivity index (χ2n) is 5.69. The summed E-state index contributed by atoms with van der Waals surface area (Å²) in [7, 11) is 1.80. The van der Waals surface area contributed by atoms with Crippen molar-refractivity contribution < 1.29 is 4.79 Å². The first-order chi connectivity index (χ1) is 12.0. The number of carbonyl (C=O) groups excluding carboxylic acids is 1. The highest BCUT2D eigenvalue weighted by Crippen LogP contribution is 2.28. The monoisotopic (exact) mass is 380 g/mol. The van der Waals surface area contributed by atoms with Crippen LogP contribution in [-0.2, 0) is 0 Å². The van der Waals surface area contributed by atoms with E-state index in [1.807, 2.05) is 31.2 Å². The zero-order valence-electron chi connectivity index (χ0n) is 15.1. The third-order valence-electron chi connectivity index (χ3n) is 4.29. The van der Waals surface area contributed by atoms with Gasteiger partial charge in [0.1, 0.15) is 5.00 Å². The van der Waals surface area contributed by atoms with E-state index in [2.05, 4.69) is 33.8 Å². The molecular formula is C18H25ClN4OS. The molecule has 1 aromatic carbocycles. The highest BCUT2D eigenvalue weighted by Gasteiger charge is 2.23. The van der Waals surface area contributed by atoms with E-state index >= 15 is 0 Å². The SMILES string of the molecule is CCN(CC)C(CNC(=O)c1c(C)nsc1NC)c1ccccc1Cl. The molecule has 1 aromatic heterocycles. The summed E-state index contributed by atoms with van der Waals surface area (Å²) < 4.78 is 4.26. The minimum Gasteiger partial charge on any atom is -0.378 e. The molecule has 0 aliphatic carbocycles. The van der Waals surface area contributed by atoms with E-state index in [1.54, 1.807) is 7.05 Å². The van der Waals surface area contributed by atoms with E-state index in [-0.39, 0.29) is 11.9 Å². The van der Waals surface area contributed by atoms with Crippen LogP contribution in [0.3, 0.4) is 0 Å². The lowest BCUT2D eigenvalue weighted by atomic mass is 10.0. The number of benzene rings is 1. The van der Waals surface area contributed by atoms with Gasteiger partial charge in [0.25, 0.3) is 5.91 Å². The Morgan fingerprint density at radius 3 is 2.60 bits per heavy atom. The molecule has 1 unspecified atom stereocenters. The fourth-order valence-corrected chi connectivity index (χ4v) is 3.94. The maximum atomic E-state index is 12.7. The zero-order valence-corrected chi connectivity index (χ0v) is 16.7. The van der Waals surface area contributed by atoms with Crippen molar-refractivity contribution in [2.45, 2.75) is 26.8 Å². The van der Waals surface area contributed by atoms with Gasteiger partial charge < -0.3 is 10.6 Å². The van der Waals surface area contributed by atoms with Gasteiger partial charge in [0.2, 0.25) is 0 Å². The number of likely N-dealkylation sites (N-methyl/N-ethyl adjacent to an activating group) is 1. The number of hydrogen-bond acceptors (Lipinski definition) is 5. The van der Waals surface area contributed by atoms with E-state index in [1.165, 1.54) is 11.5 Å². The highest BCUT2D eigenvalue weighted by molar-refractivity contribution is 7.10. The van der Waals surface area contributed by atoms with Gasteiger partial charge >= 0.3 is 0 Å². The third-order valence-corrected chi connectivity index (χ3v) is 5.59. The van der Waals surface area contributed by atoms with Crippen LogP contribution < -0.4 is 10.6 Å². The molecule has 0 spiro atoms. The second-order valence-corrected chi connectivity index (χ2v) is 6.87. The van der Waals surface area contributed by atoms with Gasteiger partial charge in [-0.1, -0.05) is 43.6 Å². The Morgan fingerprint density at radius 2 is 2.00 bits per heavy atom. The number of hydrogen-bond donors (Lipinski definition) is 2. The number of nitrogens with zero attached hydrogens (tertiary/aromatic N) is 2. The molecule has 5 nitrogen and oxygen atoms in total. The molecule has 2 rings (SSSR count). The summed E-state index contributed by atoms with van der Waals surface area (Å²) in [6.07, 6.45) is 0. The number of rotatable bonds is 8. The average Bonchev–Trinajstić information content (AvgIpc) is 3.00. The third kappa shape index (κ3) is 4.51. The molecule has 0 aliphatic rings. The number of aromatic nitrogens is 1. The number of carbonyl (C=O) groups is 1. The van der Waals surface area contributed by atoms with E-state index in [0.717, 1.165) is 34.4 Å². The van der Waals surface area contributed by atoms with Crippen LogP contribution in [0.1, 0.15) is 41.5 Å². The van der Waals surface area contributed by atoms with Crippen molar-refractivity contribution in [3.05, 3.63) is 46.1 Å². The molecule has 2 N–H and O–H groups in total. The summed E-state index contributed by atoms with van der Waals surface area (Å²) in [6, 6.07) is 7.84. The number of aryl methyl sites for hydroxylation is 1. The van der Waals surface area contributed by atoms with Gasteiger partial charge in [0.15, 0.2) is 0 Å². The smallest absolute Gasteiger partial charge is 0.256 e. The first-order valence-corrected chi connectivity index (χ1v) is 9.59. The number of amides is 1. The van der Waals surface area contributed by atoms with Crippen LogP contribution in [0.25, 0.3) is 0 Å². The average molecular weight is 381 g/mol. The predicted molar refractivity (Wildman–Crippen MR) is 106 cm³/mol. The highest BCUT2D eigenvalue weighted by atomic mass is 35.5. The first-order valence-electron chi connectivity index (χ1n) is 8.44. The molecule has 0 fully saturated rings. The van der Waals surface area contributed by atoms with Gasteiger partial charge in [-0.3, -0.25) is 9.69 Å². The molecule has 7 heteroatoms. The molecule has 1 atom stereocenters. The standard InChI is InChI=1S/C18H25ClN4OS/c1-5-23(6-2)15(13-9-7-8-10-14(13)19)11-21-17(24)16-12(3)22-25-18(16)20-4/h7-10,15,20H,5-6,11H2,1-4H3,(H,21,24). The Morgan fingerprint density at radius 1 is 1.32 bits per heavy atom. The Labute approximate surface area is 158 Å². The lowest BCUT2D eigenvalue weighted by Crippen LogP contribution is -2.38. The van der Waals surface area contributed by atoms with Crippen LogP contribution in [0.4, 0.5) is 5.00 Å². The molecule has 25 heavy (non-hydrogen) atoms. The summed E-state index contributed by atoms with van der Waals surface area (Å²) in [5, 5.41) is 7.60. The Bertz CT molecular complexity index is 715. The van der Waals surface area contributed by atoms with Crippen molar-refractivity contribution in [3.63, 3.8) is 0 Å². The van der Waals surface area contributed by atoms with Crippen molar-refractivity contribution in [1.82, 2.24) is 14.6 Å². The summed E-state index contributed by atoms with van der Waals surface area (Å²) in [5.41, 5.74) is 2.39. The number of nitrogens with one attached hydrogen (secondary N) is 2. The molecule has 0 bridgehead atoms. The maximum absolute atomic E-state index is 12.7. The van der Waals surface area contributed by atoms with E-state index < -0.39 is 0 Å². The summed E-state index contributed by atoms with van der Waals surface area (Å²) in [6.45, 7) is 8.32. The molecule has 2 aromatic rings. The van der Waals surface area contributed by atoms with Crippen LogP contribution in [0.5, 0.6) is 0 Å². The van der Waals surface area contributed by atoms with Gasteiger partial charge in [0.05, 0.1) is 17.3 Å². The largest absolute Gasteiger partial charge is 0.378 e. The Kier molecular flexibility index (Phi) is 7.23. The molecule has 0 radical (unpaired) electrons. The summed E-state index contributed by atoms with van der Waals surface area (Å²) >= 11 is 7.71. The molecule has 1 amide bonds. The molecule has 1 heterocycles. The lowest BCUT2D eigenvalue weighted by molar-refractivity contribution is 0.0935. The number of halogens is 1. The van der Waals surface area contributed by atoms with Gasteiger partial charge in [-0.05, 0) is 43.2 Å². The summed E-state index contributed by atoms with van der Waals surface area (Å²) in [4.78, 5) is 15.0. The quantitative estimate of drug-likeness (QED) is 0.727. The predicted octanol–water partition coefficient (Wildman–Crippen LogP) is 3.96. The Balaban J connectivity index is 2.21. The fraction of sp³-hybridized carbons (Fsp3) is 0.444.